The highest BCUT2D eigenvalue weighted by molar-refractivity contribution is 5.77. The van der Waals surface area contributed by atoms with Gasteiger partial charge in [-0.3, -0.25) is 4.79 Å². The minimum absolute atomic E-state index is 0.301. The predicted octanol–water partition coefficient (Wildman–Crippen LogP) is -0.00220. The molecule has 0 aliphatic heterocycles. The molecule has 248 valence electrons. The summed E-state index contributed by atoms with van der Waals surface area (Å²) in [5.74, 6) is -0.759. The molecule has 43 heavy (non-hydrogen) atoms. The number of carboxylic acids is 1. The van der Waals surface area contributed by atoms with Crippen LogP contribution in [-0.2, 0) is 52.2 Å². The first-order valence-corrected chi connectivity index (χ1v) is 14.2. The van der Waals surface area contributed by atoms with E-state index in [-0.39, 0.29) is 6.61 Å². The van der Waals surface area contributed by atoms with Gasteiger partial charge in [-0.15, -0.1) is 0 Å². The second-order valence-corrected chi connectivity index (χ2v) is 8.55. The van der Waals surface area contributed by atoms with E-state index in [0.717, 1.165) is 5.75 Å². The minimum Gasteiger partial charge on any atom is -0.491 e. The van der Waals surface area contributed by atoms with Crippen LogP contribution in [0, 0.1) is 0 Å². The summed E-state index contributed by atoms with van der Waals surface area (Å²) in [4.78, 5) is 21.6. The zero-order chi connectivity index (χ0) is 31.1. The van der Waals surface area contributed by atoms with Gasteiger partial charge in [0.2, 0.25) is 5.91 Å². The van der Waals surface area contributed by atoms with Crippen LogP contribution < -0.4 is 15.8 Å². The van der Waals surface area contributed by atoms with E-state index < -0.39 is 18.5 Å². The van der Waals surface area contributed by atoms with Crippen LogP contribution in [0.5, 0.6) is 5.75 Å². The Labute approximate surface area is 253 Å². The van der Waals surface area contributed by atoms with Crippen LogP contribution in [0.1, 0.15) is 0 Å². The first-order valence-electron chi connectivity index (χ1n) is 14.2. The van der Waals surface area contributed by atoms with Crippen molar-refractivity contribution in [2.24, 2.45) is 0 Å². The summed E-state index contributed by atoms with van der Waals surface area (Å²) in [6.07, 6.45) is 0. The lowest BCUT2D eigenvalue weighted by Crippen LogP contribution is -2.31. The molecular formula is C28H48N2O13. The Bertz CT molecular complexity index is 786. The number of amides is 1. The lowest BCUT2D eigenvalue weighted by Gasteiger charge is -2.09. The third-order valence-corrected chi connectivity index (χ3v) is 5.01. The summed E-state index contributed by atoms with van der Waals surface area (Å²) in [5, 5.41) is 11.0. The molecule has 0 atom stereocenters. The molecule has 0 saturated carbocycles. The summed E-state index contributed by atoms with van der Waals surface area (Å²) in [6, 6.07) is 7.23. The van der Waals surface area contributed by atoms with Crippen molar-refractivity contribution in [3.63, 3.8) is 0 Å². The number of anilines is 1. The van der Waals surface area contributed by atoms with E-state index in [4.69, 9.17) is 53.5 Å². The Morgan fingerprint density at radius 2 is 0.907 bits per heavy atom. The van der Waals surface area contributed by atoms with Gasteiger partial charge in [0.15, 0.2) is 0 Å². The molecule has 0 saturated heterocycles. The van der Waals surface area contributed by atoms with Crippen LogP contribution in [0.4, 0.5) is 5.69 Å². The molecule has 1 aromatic carbocycles. The van der Waals surface area contributed by atoms with Gasteiger partial charge in [-0.25, -0.2) is 4.79 Å². The maximum absolute atomic E-state index is 11.3. The summed E-state index contributed by atoms with van der Waals surface area (Å²) in [6.45, 7) is 7.23. The molecule has 0 radical (unpaired) electrons. The molecule has 1 aromatic rings. The smallest absolute Gasteiger partial charge is 0.329 e. The molecule has 0 aliphatic carbocycles. The lowest BCUT2D eigenvalue weighted by atomic mass is 10.3. The standard InChI is InChI=1S/C28H48N2O13/c29-25-1-3-26(4-2-25)43-22-21-41-20-19-40-18-17-39-16-15-38-14-13-37-12-11-36-10-9-35-8-7-34-6-5-30-27(31)23-42-24-28(32)33/h1-4H,5-24,29H2,(H,30,31)(H,32,33). The van der Waals surface area contributed by atoms with Crippen molar-refractivity contribution in [1.82, 2.24) is 5.32 Å². The number of rotatable bonds is 32. The van der Waals surface area contributed by atoms with E-state index in [1.54, 1.807) is 12.1 Å². The van der Waals surface area contributed by atoms with Crippen LogP contribution >= 0.6 is 0 Å². The highest BCUT2D eigenvalue weighted by atomic mass is 16.6. The van der Waals surface area contributed by atoms with E-state index in [0.29, 0.717) is 125 Å². The summed E-state index contributed by atoms with van der Waals surface area (Å²) in [7, 11) is 0. The Balaban J connectivity index is 1.66. The van der Waals surface area contributed by atoms with E-state index >= 15 is 0 Å². The van der Waals surface area contributed by atoms with Crippen molar-refractivity contribution in [2.45, 2.75) is 0 Å². The molecule has 4 N–H and O–H groups in total. The second-order valence-electron chi connectivity index (χ2n) is 8.55. The molecule has 0 bridgehead atoms. The van der Waals surface area contributed by atoms with E-state index in [1.165, 1.54) is 0 Å². The molecule has 1 rings (SSSR count). The first kappa shape index (κ1) is 38.4. The lowest BCUT2D eigenvalue weighted by molar-refractivity contribution is -0.143. The number of carbonyl (C=O) groups is 2. The van der Waals surface area contributed by atoms with Gasteiger partial charge in [0, 0.05) is 12.2 Å². The van der Waals surface area contributed by atoms with Crippen LogP contribution in [-0.4, -0.2) is 149 Å². The molecule has 0 heterocycles. The van der Waals surface area contributed by atoms with Crippen molar-refractivity contribution in [2.75, 3.05) is 138 Å². The maximum Gasteiger partial charge on any atom is 0.329 e. The maximum atomic E-state index is 11.3. The number of hydrogen-bond acceptors (Lipinski definition) is 13. The number of aliphatic carboxylic acids is 1. The van der Waals surface area contributed by atoms with Crippen molar-refractivity contribution >= 4 is 17.6 Å². The van der Waals surface area contributed by atoms with Crippen LogP contribution in [0.15, 0.2) is 24.3 Å². The Morgan fingerprint density at radius 3 is 1.30 bits per heavy atom. The number of nitrogens with one attached hydrogen (secondary N) is 1. The average molecular weight is 621 g/mol. The van der Waals surface area contributed by atoms with Gasteiger partial charge in [0.05, 0.1) is 106 Å². The van der Waals surface area contributed by atoms with Gasteiger partial charge in [-0.2, -0.15) is 0 Å². The van der Waals surface area contributed by atoms with Crippen molar-refractivity contribution in [3.8, 4) is 5.75 Å². The van der Waals surface area contributed by atoms with Crippen molar-refractivity contribution in [3.05, 3.63) is 24.3 Å². The van der Waals surface area contributed by atoms with Crippen molar-refractivity contribution < 1.29 is 62.1 Å². The highest BCUT2D eigenvalue weighted by Crippen LogP contribution is 2.12. The summed E-state index contributed by atoms with van der Waals surface area (Å²) < 4.78 is 53.6. The third kappa shape index (κ3) is 28.0. The summed E-state index contributed by atoms with van der Waals surface area (Å²) >= 11 is 0. The first-order chi connectivity index (χ1) is 21.1. The zero-order valence-corrected chi connectivity index (χ0v) is 24.9. The molecular weight excluding hydrogens is 572 g/mol. The quantitative estimate of drug-likeness (QED) is 0.0722. The van der Waals surface area contributed by atoms with Gasteiger partial charge in [0.25, 0.3) is 0 Å². The monoisotopic (exact) mass is 620 g/mol. The number of hydrogen-bond donors (Lipinski definition) is 3. The number of carboxylic acid groups (broad SMARTS) is 1. The average Bonchev–Trinajstić information content (AvgIpc) is 2.99. The Morgan fingerprint density at radius 1 is 0.535 bits per heavy atom. The minimum atomic E-state index is -1.12. The normalized spacial score (nSPS) is 11.1. The molecule has 0 spiro atoms. The van der Waals surface area contributed by atoms with Crippen LogP contribution in [0.2, 0.25) is 0 Å². The molecule has 0 aliphatic rings. The number of ether oxygens (including phenoxy) is 10. The van der Waals surface area contributed by atoms with Gasteiger partial charge >= 0.3 is 5.97 Å². The Hall–Kier alpha value is -2.60. The number of nitrogen functional groups attached to an aromatic ring is 1. The van der Waals surface area contributed by atoms with Gasteiger partial charge in [0.1, 0.15) is 25.6 Å². The number of carbonyl (C=O) groups excluding carboxylic acids is 1. The molecule has 0 aromatic heterocycles. The summed E-state index contributed by atoms with van der Waals surface area (Å²) in [5.41, 5.74) is 6.33. The van der Waals surface area contributed by atoms with E-state index in [1.807, 2.05) is 12.1 Å². The predicted molar refractivity (Wildman–Crippen MR) is 154 cm³/mol. The van der Waals surface area contributed by atoms with E-state index in [2.05, 4.69) is 10.1 Å². The largest absolute Gasteiger partial charge is 0.491 e. The second kappa shape index (κ2) is 29.5. The topological polar surface area (TPSA) is 185 Å². The zero-order valence-electron chi connectivity index (χ0n) is 24.9. The molecule has 1 amide bonds. The van der Waals surface area contributed by atoms with Gasteiger partial charge < -0.3 is 63.5 Å². The number of nitrogens with two attached hydrogens (primary N) is 1. The fraction of sp³-hybridized carbons (Fsp3) is 0.714. The molecule has 0 fully saturated rings. The molecule has 15 heteroatoms. The molecule has 15 nitrogen and oxygen atoms in total. The Kier molecular flexibility index (Phi) is 26.3. The van der Waals surface area contributed by atoms with Gasteiger partial charge in [-0.1, -0.05) is 0 Å². The molecule has 0 unspecified atom stereocenters. The fourth-order valence-corrected chi connectivity index (χ4v) is 2.97. The third-order valence-electron chi connectivity index (χ3n) is 5.01. The number of benzene rings is 1. The SMILES string of the molecule is Nc1ccc(OCCOCCOCCOCCOCCOCCOCCOCCOCCNC(=O)COCC(=O)O)cc1. The van der Waals surface area contributed by atoms with E-state index in [9.17, 15) is 9.59 Å². The van der Waals surface area contributed by atoms with Crippen LogP contribution in [0.25, 0.3) is 0 Å². The van der Waals surface area contributed by atoms with Crippen molar-refractivity contribution in [1.29, 1.82) is 0 Å². The highest BCUT2D eigenvalue weighted by Gasteiger charge is 2.03. The fourth-order valence-electron chi connectivity index (χ4n) is 2.97. The van der Waals surface area contributed by atoms with Gasteiger partial charge in [-0.05, 0) is 24.3 Å². The van der Waals surface area contributed by atoms with Crippen LogP contribution in [0.3, 0.4) is 0 Å².